The van der Waals surface area contributed by atoms with E-state index in [1.807, 2.05) is 0 Å². The van der Waals surface area contributed by atoms with Gasteiger partial charge in [0.1, 0.15) is 0 Å². The van der Waals surface area contributed by atoms with Crippen LogP contribution in [-0.4, -0.2) is 6.94 Å². The van der Waals surface area contributed by atoms with Crippen LogP contribution in [0.1, 0.15) is 21.2 Å². The minimum atomic E-state index is -4.10. The molecule has 0 N–H and O–H groups in total. The van der Waals surface area contributed by atoms with Gasteiger partial charge < -0.3 is 0 Å². The summed E-state index contributed by atoms with van der Waals surface area (Å²) in [6.07, 6.45) is 13.0. The van der Waals surface area contributed by atoms with Gasteiger partial charge in [-0.3, -0.25) is 0 Å². The molecule has 0 nitrogen and oxygen atoms in total. The van der Waals surface area contributed by atoms with Crippen LogP contribution in [0.25, 0.3) is 6.08 Å². The number of hydrogen-bond donors (Lipinski definition) is 0. The van der Waals surface area contributed by atoms with E-state index in [1.165, 1.54) is 11.1 Å². The molecule has 4 heteroatoms. The van der Waals surface area contributed by atoms with Crippen LogP contribution < -0.4 is 6.64 Å². The Balaban J connectivity index is 0.00000128. The molecule has 3 aromatic rings. The topological polar surface area (TPSA) is 0 Å². The van der Waals surface area contributed by atoms with Gasteiger partial charge in [0.2, 0.25) is 0 Å². The molecular weight excluding hydrogens is 590 g/mol. The molecule has 1 unspecified atom stereocenters. The second kappa shape index (κ2) is 8.96. The quantitative estimate of drug-likeness (QED) is 0.348. The van der Waals surface area contributed by atoms with Crippen molar-refractivity contribution in [2.45, 2.75) is 10.1 Å². The maximum atomic E-state index is 2.52. The first kappa shape index (κ1) is 23.2. The van der Waals surface area contributed by atoms with Gasteiger partial charge in [-0.05, 0) is 0 Å². The van der Waals surface area contributed by atoms with Gasteiger partial charge in [-0.15, -0.1) is 24.8 Å². The number of hydrogen-bond acceptors (Lipinski definition) is 0. The summed E-state index contributed by atoms with van der Waals surface area (Å²) >= 11 is -4.10. The predicted molar refractivity (Wildman–Crippen MR) is 135 cm³/mol. The fraction of sp³-hybridized carbons (Fsp3) is 0.0769. The second-order valence-corrected chi connectivity index (χ2v) is 39.9. The standard InChI is InChI=1S/C9H7.2C6H5.C5H5.2ClH.Hf.H2Si/c1-2-5-9-7-3-6-8(9)4-1;2*1-2-4-6-5-3-1;1-2-4-5-3-1;;;;/h1-7H;2*1-5H;1-3H,4H2;2*1H;;1H2. The first-order chi connectivity index (χ1) is 13.7. The first-order valence-corrected chi connectivity index (χ1v) is 25.8. The van der Waals surface area contributed by atoms with E-state index in [0.717, 1.165) is 6.42 Å². The first-order valence-electron chi connectivity index (χ1n) is 10.0. The summed E-state index contributed by atoms with van der Waals surface area (Å²) in [5, 5.41) is 0. The number of rotatable bonds is 4. The number of halogens is 2. The zero-order valence-corrected chi connectivity index (χ0v) is 23.4. The van der Waals surface area contributed by atoms with Gasteiger partial charge in [-0.2, -0.15) is 0 Å². The molecule has 3 aromatic carbocycles. The minimum absolute atomic E-state index is 0. The summed E-state index contributed by atoms with van der Waals surface area (Å²) in [6, 6.07) is 31.9. The Morgan fingerprint density at radius 3 is 1.87 bits per heavy atom. The zero-order valence-electron chi connectivity index (χ0n) is 16.8. The molecule has 0 fully saturated rings. The van der Waals surface area contributed by atoms with Crippen LogP contribution in [0.4, 0.5) is 0 Å². The van der Waals surface area contributed by atoms with Crippen LogP contribution in [0.3, 0.4) is 0 Å². The summed E-state index contributed by atoms with van der Waals surface area (Å²) < 4.78 is 5.29. The van der Waals surface area contributed by atoms with Crippen LogP contribution in [-0.2, 0) is 17.1 Å². The molecule has 2 aliphatic rings. The van der Waals surface area contributed by atoms with E-state index < -0.39 is 17.1 Å². The summed E-state index contributed by atoms with van der Waals surface area (Å²) in [7, 11) is 0. The maximum absolute atomic E-state index is 4.10. The van der Waals surface area contributed by atoms with E-state index in [-0.39, 0.29) is 24.8 Å². The molecule has 0 aliphatic heterocycles. The molecule has 1 atom stereocenters. The molecule has 0 saturated heterocycles. The monoisotopic (exact) mass is 616 g/mol. The van der Waals surface area contributed by atoms with E-state index in [0.29, 0.717) is 3.67 Å². The molecule has 0 saturated carbocycles. The van der Waals surface area contributed by atoms with Crippen LogP contribution in [0, 0.1) is 0 Å². The fourth-order valence-corrected chi connectivity index (χ4v) is 38.2. The van der Waals surface area contributed by atoms with Gasteiger partial charge in [0.25, 0.3) is 0 Å². The van der Waals surface area contributed by atoms with Crippen molar-refractivity contribution in [3.8, 4) is 0 Å². The summed E-state index contributed by atoms with van der Waals surface area (Å²) in [4.78, 5) is 0. The average molecular weight is 616 g/mol. The van der Waals surface area contributed by atoms with Crippen molar-refractivity contribution in [2.24, 2.45) is 0 Å². The van der Waals surface area contributed by atoms with Crippen molar-refractivity contribution in [1.29, 1.82) is 0 Å². The van der Waals surface area contributed by atoms with E-state index in [1.54, 1.807) is 9.97 Å². The molecule has 0 heterocycles. The van der Waals surface area contributed by atoms with Crippen LogP contribution in [0.5, 0.6) is 0 Å². The van der Waals surface area contributed by atoms with Gasteiger partial charge in [-0.25, -0.2) is 0 Å². The van der Waals surface area contributed by atoms with Crippen LogP contribution in [0.2, 0.25) is 0 Å². The molecule has 0 aromatic heterocycles. The van der Waals surface area contributed by atoms with Crippen molar-refractivity contribution in [3.05, 3.63) is 124 Å². The molecule has 152 valence electrons. The number of allylic oxidation sites excluding steroid dienone is 5. The summed E-state index contributed by atoms with van der Waals surface area (Å²) in [5.41, 5.74) is 2.90. The number of fused-ring (bicyclic) bond motifs is 1. The van der Waals surface area contributed by atoms with Gasteiger partial charge in [0.15, 0.2) is 0 Å². The molecule has 0 radical (unpaired) electrons. The molecular formula is C26H26Cl2HfSi. The van der Waals surface area contributed by atoms with Crippen molar-refractivity contribution < 1.29 is 17.1 Å². The Hall–Kier alpha value is -1.45. The average Bonchev–Trinajstić information content (AvgIpc) is 3.46. The van der Waals surface area contributed by atoms with Crippen LogP contribution >= 0.6 is 24.8 Å². The van der Waals surface area contributed by atoms with Crippen molar-refractivity contribution >= 4 is 44.5 Å². The van der Waals surface area contributed by atoms with E-state index in [4.69, 9.17) is 0 Å². The Bertz CT molecular complexity index is 1150. The van der Waals surface area contributed by atoms with E-state index in [9.17, 15) is 0 Å². The molecule has 30 heavy (non-hydrogen) atoms. The van der Waals surface area contributed by atoms with Gasteiger partial charge in [0, 0.05) is 0 Å². The van der Waals surface area contributed by atoms with E-state index in [2.05, 4.69) is 122 Å². The molecule has 0 amide bonds. The molecule has 0 spiro atoms. The molecule has 2 aliphatic carbocycles. The zero-order chi connectivity index (χ0) is 19.1. The second-order valence-electron chi connectivity index (χ2n) is 8.06. The third kappa shape index (κ3) is 3.20. The summed E-state index contributed by atoms with van der Waals surface area (Å²) in [6.45, 7) is 2.38. The van der Waals surface area contributed by atoms with Crippen molar-refractivity contribution in [2.75, 3.05) is 0 Å². The summed E-state index contributed by atoms with van der Waals surface area (Å²) in [5.74, 6) is 0. The van der Waals surface area contributed by atoms with Gasteiger partial charge in [-0.1, -0.05) is 0 Å². The van der Waals surface area contributed by atoms with Crippen LogP contribution in [0.15, 0.2) is 113 Å². The third-order valence-electron chi connectivity index (χ3n) is 6.86. The van der Waals surface area contributed by atoms with Crippen molar-refractivity contribution in [3.63, 3.8) is 0 Å². The Kier molecular flexibility index (Phi) is 6.93. The Labute approximate surface area is 194 Å². The van der Waals surface area contributed by atoms with Gasteiger partial charge in [0.05, 0.1) is 0 Å². The molecule has 0 bridgehead atoms. The van der Waals surface area contributed by atoms with Crippen molar-refractivity contribution in [1.82, 2.24) is 0 Å². The normalized spacial score (nSPS) is 17.0. The number of benzene rings is 3. The predicted octanol–water partition coefficient (Wildman–Crippen LogP) is 5.33. The third-order valence-corrected chi connectivity index (χ3v) is 46.1. The fourth-order valence-electron chi connectivity index (χ4n) is 5.41. The van der Waals surface area contributed by atoms with Gasteiger partial charge >= 0.3 is 171 Å². The molecule has 5 rings (SSSR count). The Morgan fingerprint density at radius 2 is 1.30 bits per heavy atom. The van der Waals surface area contributed by atoms with E-state index >= 15 is 0 Å². The SMILES string of the molecule is Cl.Cl.[SiH2]=[Hf]([C]1=CC=CC1)([c]1ccccc1)([c]1ccccc1)[CH]1C=Cc2ccccc21. The Morgan fingerprint density at radius 1 is 0.733 bits per heavy atom.